The maximum Gasteiger partial charge on any atom is 0.256 e. The lowest BCUT2D eigenvalue weighted by Gasteiger charge is -2.25. The predicted molar refractivity (Wildman–Crippen MR) is 74.9 cm³/mol. The molecule has 1 aromatic carbocycles. The van der Waals surface area contributed by atoms with Crippen molar-refractivity contribution in [1.82, 2.24) is 4.90 Å². The van der Waals surface area contributed by atoms with E-state index in [1.807, 2.05) is 4.90 Å². The highest BCUT2D eigenvalue weighted by Gasteiger charge is 2.20. The number of nitrogens with zero attached hydrogens (tertiary/aromatic N) is 1. The molecule has 0 bridgehead atoms. The lowest BCUT2D eigenvalue weighted by molar-refractivity contribution is 0.0743. The van der Waals surface area contributed by atoms with Gasteiger partial charge in [-0.1, -0.05) is 25.3 Å². The Morgan fingerprint density at radius 1 is 1.16 bits per heavy atom. The Bertz CT molecular complexity index is 440. The van der Waals surface area contributed by atoms with E-state index in [0.29, 0.717) is 11.3 Å². The second-order valence-electron chi connectivity index (χ2n) is 4.97. The number of carbonyl (C=O) groups excluding carboxylic acids is 1. The molecule has 0 aromatic heterocycles. The molecule has 1 heterocycles. The first-order chi connectivity index (χ1) is 9.24. The average molecular weight is 264 g/mol. The molecule has 1 N–H and O–H groups in total. The topological polar surface area (TPSA) is 32.3 Å². The van der Waals surface area contributed by atoms with Gasteiger partial charge >= 0.3 is 0 Å². The number of benzene rings is 1. The van der Waals surface area contributed by atoms with Gasteiger partial charge in [0, 0.05) is 20.1 Å². The molecule has 1 amide bonds. The van der Waals surface area contributed by atoms with Crippen molar-refractivity contribution in [2.75, 3.05) is 25.5 Å². The normalized spacial score (nSPS) is 16.6. The number of nitrogens with one attached hydrogen (secondary N) is 1. The summed E-state index contributed by atoms with van der Waals surface area (Å²) in [5.74, 6) is -0.439. The van der Waals surface area contributed by atoms with Crippen LogP contribution in [0.3, 0.4) is 0 Å². The Balaban J connectivity index is 2.20. The zero-order chi connectivity index (χ0) is 13.7. The molecule has 0 radical (unpaired) electrons. The second kappa shape index (κ2) is 6.55. The van der Waals surface area contributed by atoms with Gasteiger partial charge in [0.1, 0.15) is 5.82 Å². The Morgan fingerprint density at radius 3 is 2.42 bits per heavy atom. The van der Waals surface area contributed by atoms with Crippen LogP contribution in [0.4, 0.5) is 10.1 Å². The highest BCUT2D eigenvalue weighted by Crippen LogP contribution is 2.22. The largest absolute Gasteiger partial charge is 0.385 e. The molecule has 1 saturated heterocycles. The van der Waals surface area contributed by atoms with Crippen molar-refractivity contribution in [3.8, 4) is 0 Å². The minimum Gasteiger partial charge on any atom is -0.385 e. The summed E-state index contributed by atoms with van der Waals surface area (Å²) in [6.07, 6.45) is 5.67. The number of halogens is 1. The molecule has 0 atom stereocenters. The molecule has 1 fully saturated rings. The highest BCUT2D eigenvalue weighted by atomic mass is 19.1. The number of hydrogen-bond acceptors (Lipinski definition) is 2. The third kappa shape index (κ3) is 3.25. The minimum absolute atomic E-state index is 0.0641. The van der Waals surface area contributed by atoms with Gasteiger partial charge < -0.3 is 10.2 Å². The molecule has 1 aromatic rings. The third-order valence-corrected chi connectivity index (χ3v) is 3.64. The van der Waals surface area contributed by atoms with Crippen molar-refractivity contribution in [3.63, 3.8) is 0 Å². The molecule has 0 saturated carbocycles. The molecule has 1 aliphatic rings. The Hall–Kier alpha value is -1.58. The molecule has 0 spiro atoms. The van der Waals surface area contributed by atoms with Crippen LogP contribution in [0.15, 0.2) is 18.2 Å². The van der Waals surface area contributed by atoms with E-state index >= 15 is 0 Å². The van der Waals surface area contributed by atoms with E-state index in [9.17, 15) is 9.18 Å². The molecule has 0 unspecified atom stereocenters. The molecule has 104 valence electrons. The summed E-state index contributed by atoms with van der Waals surface area (Å²) in [7, 11) is 1.64. The summed E-state index contributed by atoms with van der Waals surface area (Å²) in [6.45, 7) is 1.55. The number of anilines is 1. The predicted octanol–water partition coefficient (Wildman–Crippen LogP) is 3.27. The molecule has 19 heavy (non-hydrogen) atoms. The van der Waals surface area contributed by atoms with Crippen molar-refractivity contribution in [1.29, 1.82) is 0 Å². The van der Waals surface area contributed by atoms with Gasteiger partial charge in [-0.25, -0.2) is 4.39 Å². The van der Waals surface area contributed by atoms with Crippen molar-refractivity contribution in [3.05, 3.63) is 29.6 Å². The highest BCUT2D eigenvalue weighted by molar-refractivity contribution is 5.99. The van der Waals surface area contributed by atoms with Crippen LogP contribution in [0.5, 0.6) is 0 Å². The quantitative estimate of drug-likeness (QED) is 0.889. The number of carbonyl (C=O) groups is 1. The van der Waals surface area contributed by atoms with Gasteiger partial charge in [0.05, 0.1) is 11.3 Å². The van der Waals surface area contributed by atoms with E-state index in [-0.39, 0.29) is 11.7 Å². The standard InChI is InChI=1S/C15H21FN2O/c1-17-14-12(8-7-9-13(14)16)15(19)18-10-5-3-2-4-6-11-18/h7-9,17H,2-6,10-11H2,1H3. The van der Waals surface area contributed by atoms with Crippen LogP contribution >= 0.6 is 0 Å². The average Bonchev–Trinajstić information content (AvgIpc) is 2.37. The number of hydrogen-bond donors (Lipinski definition) is 1. The van der Waals surface area contributed by atoms with Gasteiger partial charge in [0.25, 0.3) is 5.91 Å². The van der Waals surface area contributed by atoms with Crippen LogP contribution in [-0.2, 0) is 0 Å². The van der Waals surface area contributed by atoms with Crippen LogP contribution < -0.4 is 5.32 Å². The minimum atomic E-state index is -0.375. The van der Waals surface area contributed by atoms with Crippen LogP contribution in [0.1, 0.15) is 42.5 Å². The van der Waals surface area contributed by atoms with Gasteiger partial charge in [0.2, 0.25) is 0 Å². The van der Waals surface area contributed by atoms with Crippen molar-refractivity contribution >= 4 is 11.6 Å². The molecule has 0 aliphatic carbocycles. The lowest BCUT2D eigenvalue weighted by Crippen LogP contribution is -2.34. The SMILES string of the molecule is CNc1c(F)cccc1C(=O)N1CCCCCCC1. The van der Waals surface area contributed by atoms with Gasteiger partial charge in [-0.3, -0.25) is 4.79 Å². The fraction of sp³-hybridized carbons (Fsp3) is 0.533. The van der Waals surface area contributed by atoms with E-state index < -0.39 is 0 Å². The maximum absolute atomic E-state index is 13.7. The van der Waals surface area contributed by atoms with E-state index in [0.717, 1.165) is 25.9 Å². The van der Waals surface area contributed by atoms with Crippen molar-refractivity contribution in [2.45, 2.75) is 32.1 Å². The molecular weight excluding hydrogens is 243 g/mol. The number of likely N-dealkylation sites (tertiary alicyclic amines) is 1. The van der Waals surface area contributed by atoms with Gasteiger partial charge in [-0.05, 0) is 25.0 Å². The van der Waals surface area contributed by atoms with Gasteiger partial charge in [0.15, 0.2) is 0 Å². The molecular formula is C15H21FN2O. The maximum atomic E-state index is 13.7. The fourth-order valence-electron chi connectivity index (χ4n) is 2.58. The lowest BCUT2D eigenvalue weighted by atomic mass is 10.1. The zero-order valence-electron chi connectivity index (χ0n) is 11.4. The Morgan fingerprint density at radius 2 is 1.79 bits per heavy atom. The summed E-state index contributed by atoms with van der Waals surface area (Å²) in [4.78, 5) is 14.4. The first-order valence-corrected chi connectivity index (χ1v) is 6.99. The summed E-state index contributed by atoms with van der Waals surface area (Å²) < 4.78 is 13.7. The van der Waals surface area contributed by atoms with E-state index in [1.54, 1.807) is 19.2 Å². The second-order valence-corrected chi connectivity index (χ2v) is 4.97. The van der Waals surface area contributed by atoms with Crippen molar-refractivity contribution < 1.29 is 9.18 Å². The molecule has 2 rings (SSSR count). The van der Waals surface area contributed by atoms with Crippen LogP contribution in [0.2, 0.25) is 0 Å². The molecule has 4 heteroatoms. The first-order valence-electron chi connectivity index (χ1n) is 6.99. The zero-order valence-corrected chi connectivity index (χ0v) is 11.4. The Labute approximate surface area is 113 Å². The number of amides is 1. The number of para-hydroxylation sites is 1. The summed E-state index contributed by atoms with van der Waals surface area (Å²) >= 11 is 0. The monoisotopic (exact) mass is 264 g/mol. The molecule has 3 nitrogen and oxygen atoms in total. The fourth-order valence-corrected chi connectivity index (χ4v) is 2.58. The summed E-state index contributed by atoms with van der Waals surface area (Å²) in [6, 6.07) is 4.65. The van der Waals surface area contributed by atoms with E-state index in [1.165, 1.54) is 25.3 Å². The molecule has 1 aliphatic heterocycles. The van der Waals surface area contributed by atoms with Crippen LogP contribution in [0.25, 0.3) is 0 Å². The van der Waals surface area contributed by atoms with Crippen molar-refractivity contribution in [2.24, 2.45) is 0 Å². The smallest absolute Gasteiger partial charge is 0.256 e. The van der Waals surface area contributed by atoms with E-state index in [4.69, 9.17) is 0 Å². The Kier molecular flexibility index (Phi) is 4.77. The summed E-state index contributed by atoms with van der Waals surface area (Å²) in [5, 5.41) is 2.79. The number of rotatable bonds is 2. The first kappa shape index (κ1) is 13.8. The van der Waals surface area contributed by atoms with Crippen LogP contribution in [-0.4, -0.2) is 30.9 Å². The van der Waals surface area contributed by atoms with Gasteiger partial charge in [-0.15, -0.1) is 0 Å². The van der Waals surface area contributed by atoms with Crippen LogP contribution in [0, 0.1) is 5.82 Å². The summed E-state index contributed by atoms with van der Waals surface area (Å²) in [5.41, 5.74) is 0.734. The van der Waals surface area contributed by atoms with Gasteiger partial charge in [-0.2, -0.15) is 0 Å². The third-order valence-electron chi connectivity index (χ3n) is 3.64. The van der Waals surface area contributed by atoms with E-state index in [2.05, 4.69) is 5.32 Å².